The number of hydrogen-bond acceptors (Lipinski definition) is 3. The van der Waals surface area contributed by atoms with Crippen molar-refractivity contribution in [2.24, 2.45) is 16.1 Å². The summed E-state index contributed by atoms with van der Waals surface area (Å²) >= 11 is 0. The highest BCUT2D eigenvalue weighted by atomic mass is 19.1. The van der Waals surface area contributed by atoms with Crippen LogP contribution in [0.1, 0.15) is 43.2 Å². The van der Waals surface area contributed by atoms with E-state index in [9.17, 15) is 8.78 Å². The topological polar surface area (TPSA) is 79.5 Å². The molecule has 0 aliphatic heterocycles. The lowest BCUT2D eigenvalue weighted by Gasteiger charge is -2.11. The molecule has 0 amide bonds. The van der Waals surface area contributed by atoms with E-state index in [2.05, 4.69) is 16.8 Å². The quantitative estimate of drug-likeness (QED) is 0.127. The third-order valence-corrected chi connectivity index (χ3v) is 4.50. The second kappa shape index (κ2) is 11.6. The number of aromatic nitrogens is 1. The van der Waals surface area contributed by atoms with Gasteiger partial charge in [-0.15, -0.1) is 11.7 Å². The van der Waals surface area contributed by atoms with Crippen LogP contribution in [0.5, 0.6) is 0 Å². The molecule has 0 atom stereocenters. The highest BCUT2D eigenvalue weighted by Crippen LogP contribution is 2.28. The highest BCUT2D eigenvalue weighted by Gasteiger charge is 2.16. The number of hydrazone groups is 1. The van der Waals surface area contributed by atoms with Gasteiger partial charge in [0.25, 0.3) is 0 Å². The zero-order valence-electron chi connectivity index (χ0n) is 18.1. The molecule has 0 fully saturated rings. The van der Waals surface area contributed by atoms with Gasteiger partial charge in [0.15, 0.2) is 5.84 Å². The molecule has 3 N–H and O–H groups in total. The summed E-state index contributed by atoms with van der Waals surface area (Å²) in [6.07, 6.45) is 1.75. The van der Waals surface area contributed by atoms with Gasteiger partial charge in [-0.25, -0.2) is 14.3 Å². The Hall–Kier alpha value is -3.35. The molecule has 0 spiro atoms. The van der Waals surface area contributed by atoms with E-state index in [1.54, 1.807) is 12.1 Å². The maximum Gasteiger partial charge on any atom is 0.199 e. The zero-order chi connectivity index (χ0) is 22.8. The van der Waals surface area contributed by atoms with Crippen molar-refractivity contribution in [3.63, 3.8) is 0 Å². The van der Waals surface area contributed by atoms with Gasteiger partial charge < -0.3 is 10.4 Å². The highest BCUT2D eigenvalue weighted by molar-refractivity contribution is 6.02. The number of aryl methyl sites for hydroxylation is 1. The van der Waals surface area contributed by atoms with Crippen LogP contribution in [0.4, 0.5) is 8.78 Å². The Morgan fingerprint density at radius 1 is 1.17 bits per heavy atom. The first-order chi connectivity index (χ1) is 14.4. The lowest BCUT2D eigenvalue weighted by Crippen LogP contribution is -2.06. The minimum absolute atomic E-state index is 0.0249. The molecule has 0 aliphatic rings. The summed E-state index contributed by atoms with van der Waals surface area (Å²) in [5.41, 5.74) is 10.5. The summed E-state index contributed by atoms with van der Waals surface area (Å²) in [5, 5.41) is 7.69. The van der Waals surface area contributed by atoms with Crippen LogP contribution in [0, 0.1) is 31.0 Å². The second-order valence-corrected chi connectivity index (χ2v) is 6.20. The molecule has 0 aliphatic carbocycles. The summed E-state index contributed by atoms with van der Waals surface area (Å²) in [6, 6.07) is 9.24. The smallest absolute Gasteiger partial charge is 0.199 e. The maximum absolute atomic E-state index is 14.0. The van der Waals surface area contributed by atoms with Gasteiger partial charge in [0, 0.05) is 27.7 Å². The molecule has 3 rings (SSSR count). The molecule has 0 radical (unpaired) electrons. The molecule has 5 nitrogen and oxygen atoms in total. The van der Waals surface area contributed by atoms with E-state index in [-0.39, 0.29) is 17.9 Å². The Bertz CT molecular complexity index is 1030. The van der Waals surface area contributed by atoms with Gasteiger partial charge in [-0.1, -0.05) is 26.0 Å². The molecule has 0 unspecified atom stereocenters. The number of benzene rings is 2. The fraction of sp³-hybridized carbons (Fsp3) is 0.261. The SMILES string of the molecule is C=CC.CC.Cc1c(C)n(Cc2c(F)cccc2F)c2ccc(/C(N=N)=N/N)cc12. The number of hydrogen-bond donors (Lipinski definition) is 2. The molecule has 160 valence electrons. The third kappa shape index (κ3) is 5.17. The number of allylic oxidation sites excluding steroid dienone is 1. The van der Waals surface area contributed by atoms with Crippen molar-refractivity contribution in [2.75, 3.05) is 0 Å². The predicted octanol–water partition coefficient (Wildman–Crippen LogP) is 6.45. The summed E-state index contributed by atoms with van der Waals surface area (Å²) in [6.45, 7) is 13.2. The third-order valence-electron chi connectivity index (χ3n) is 4.50. The normalized spacial score (nSPS) is 10.6. The van der Waals surface area contributed by atoms with Gasteiger partial charge in [-0.2, -0.15) is 5.10 Å². The Labute approximate surface area is 176 Å². The van der Waals surface area contributed by atoms with Crippen LogP contribution in [-0.4, -0.2) is 10.4 Å². The number of nitrogens with zero attached hydrogens (tertiary/aromatic N) is 3. The van der Waals surface area contributed by atoms with Gasteiger partial charge in [0.1, 0.15) is 11.6 Å². The van der Waals surface area contributed by atoms with Crippen LogP contribution in [0.3, 0.4) is 0 Å². The van der Waals surface area contributed by atoms with Crippen LogP contribution in [0.25, 0.3) is 10.9 Å². The van der Waals surface area contributed by atoms with Gasteiger partial charge >= 0.3 is 0 Å². The number of nitrogens with one attached hydrogen (secondary N) is 1. The standard InChI is InChI=1S/C18H17F2N5.C3H6.C2H6/c1-10-11(2)25(9-14-15(19)4-3-5-16(14)20)17-7-6-12(8-13(10)17)18(23-21)24-22;1-3-2;1-2/h3-8,21H,9,22H2,1-2H3;3H,1H2,2H3;1-2H3/b23-21?,24-18-;;. The minimum Gasteiger partial charge on any atom is -0.340 e. The Kier molecular flexibility index (Phi) is 9.55. The molecular formula is C23H29F2N5. The lowest BCUT2D eigenvalue weighted by atomic mass is 10.1. The zero-order valence-corrected chi connectivity index (χ0v) is 18.1. The fourth-order valence-corrected chi connectivity index (χ4v) is 3.00. The van der Waals surface area contributed by atoms with Gasteiger partial charge in [-0.3, -0.25) is 0 Å². The van der Waals surface area contributed by atoms with Crippen molar-refractivity contribution in [1.82, 2.24) is 4.57 Å². The molecule has 30 heavy (non-hydrogen) atoms. The van der Waals surface area contributed by atoms with Crippen molar-refractivity contribution in [3.05, 3.63) is 83.1 Å². The molecule has 3 aromatic rings. The van der Waals surface area contributed by atoms with Crippen LogP contribution in [0.15, 0.2) is 59.3 Å². The van der Waals surface area contributed by atoms with E-state index in [0.717, 1.165) is 22.2 Å². The number of halogens is 2. The Morgan fingerprint density at radius 2 is 1.73 bits per heavy atom. The summed E-state index contributed by atoms with van der Waals surface area (Å²) in [5.74, 6) is 4.23. The molecule has 1 heterocycles. The van der Waals surface area contributed by atoms with Gasteiger partial charge in [0.05, 0.1) is 6.54 Å². The van der Waals surface area contributed by atoms with E-state index in [0.29, 0.717) is 5.56 Å². The minimum atomic E-state index is -0.568. The molecule has 0 bridgehead atoms. The van der Waals surface area contributed by atoms with Crippen LogP contribution in [-0.2, 0) is 6.54 Å². The summed E-state index contributed by atoms with van der Waals surface area (Å²) in [4.78, 5) is 0. The van der Waals surface area contributed by atoms with E-state index in [4.69, 9.17) is 11.4 Å². The molecule has 0 saturated heterocycles. The largest absolute Gasteiger partial charge is 0.340 e. The van der Waals surface area contributed by atoms with E-state index >= 15 is 0 Å². The molecule has 1 aromatic heterocycles. The predicted molar refractivity (Wildman–Crippen MR) is 120 cm³/mol. The number of rotatable bonds is 3. The van der Waals surface area contributed by atoms with Crippen LogP contribution in [0.2, 0.25) is 0 Å². The van der Waals surface area contributed by atoms with Gasteiger partial charge in [0.2, 0.25) is 0 Å². The van der Waals surface area contributed by atoms with E-state index in [1.807, 2.05) is 51.3 Å². The lowest BCUT2D eigenvalue weighted by molar-refractivity contribution is 0.545. The van der Waals surface area contributed by atoms with Gasteiger partial charge in [-0.05, 0) is 56.7 Å². The first-order valence-electron chi connectivity index (χ1n) is 9.64. The fourth-order valence-electron chi connectivity index (χ4n) is 3.00. The molecule has 2 aromatic carbocycles. The number of amidine groups is 1. The number of nitrogens with two attached hydrogens (primary N) is 1. The molecular weight excluding hydrogens is 384 g/mol. The van der Waals surface area contributed by atoms with Crippen molar-refractivity contribution >= 4 is 16.7 Å². The van der Waals surface area contributed by atoms with Crippen molar-refractivity contribution in [2.45, 2.75) is 41.2 Å². The monoisotopic (exact) mass is 413 g/mol. The number of fused-ring (bicyclic) bond motifs is 1. The molecule has 0 saturated carbocycles. The van der Waals surface area contributed by atoms with Crippen molar-refractivity contribution < 1.29 is 8.78 Å². The van der Waals surface area contributed by atoms with E-state index in [1.165, 1.54) is 18.2 Å². The van der Waals surface area contributed by atoms with Crippen molar-refractivity contribution in [1.29, 1.82) is 5.53 Å². The maximum atomic E-state index is 14.0. The average Bonchev–Trinajstić information content (AvgIpc) is 2.98. The Morgan fingerprint density at radius 3 is 2.23 bits per heavy atom. The van der Waals surface area contributed by atoms with Crippen LogP contribution >= 0.6 is 0 Å². The summed E-state index contributed by atoms with van der Waals surface area (Å²) < 4.78 is 29.9. The summed E-state index contributed by atoms with van der Waals surface area (Å²) in [7, 11) is 0. The van der Waals surface area contributed by atoms with E-state index < -0.39 is 11.6 Å². The average molecular weight is 414 g/mol. The van der Waals surface area contributed by atoms with Crippen molar-refractivity contribution in [3.8, 4) is 0 Å². The first kappa shape index (κ1) is 24.7. The molecule has 7 heteroatoms. The first-order valence-corrected chi connectivity index (χ1v) is 9.64. The second-order valence-electron chi connectivity index (χ2n) is 6.20. The Balaban J connectivity index is 0.000000826. The van der Waals surface area contributed by atoms with Crippen LogP contribution < -0.4 is 5.84 Å².